The minimum Gasteiger partial charge on any atom is -0.507 e. The molecule has 0 radical (unpaired) electrons. The van der Waals surface area contributed by atoms with Crippen LogP contribution in [0, 0.1) is 5.92 Å². The molecule has 1 unspecified atom stereocenters. The number of aliphatic carboxylic acids is 1. The number of ketones is 1. The van der Waals surface area contributed by atoms with Crippen molar-refractivity contribution in [3.05, 3.63) is 35.4 Å². The van der Waals surface area contributed by atoms with Gasteiger partial charge >= 0.3 is 5.97 Å². The lowest BCUT2D eigenvalue weighted by molar-refractivity contribution is -0.138. The first-order valence-electron chi connectivity index (χ1n) is 4.38. The molecule has 0 fully saturated rings. The van der Waals surface area contributed by atoms with Crippen LogP contribution in [0.15, 0.2) is 24.3 Å². The second-order valence-corrected chi connectivity index (χ2v) is 3.28. The quantitative estimate of drug-likeness (QED) is 0.676. The van der Waals surface area contributed by atoms with Crippen LogP contribution in [-0.4, -0.2) is 22.0 Å². The molecule has 15 heavy (non-hydrogen) atoms. The number of phenolic OH excluding ortho intramolecular Hbond substituents is 1. The minimum absolute atomic E-state index is 0.0130. The molecule has 0 bridgehead atoms. The topological polar surface area (TPSA) is 74.6 Å². The third kappa shape index (κ3) is 1.40. The highest BCUT2D eigenvalue weighted by atomic mass is 16.4. The maximum absolute atomic E-state index is 11.7. The lowest BCUT2D eigenvalue weighted by Crippen LogP contribution is -2.24. The number of carboxylic acid groups (broad SMARTS) is 1. The molecule has 1 aliphatic carbocycles. The zero-order chi connectivity index (χ0) is 11.0. The fourth-order valence-electron chi connectivity index (χ4n) is 1.58. The van der Waals surface area contributed by atoms with Crippen molar-refractivity contribution in [2.45, 2.75) is 0 Å². The van der Waals surface area contributed by atoms with Crippen LogP contribution < -0.4 is 0 Å². The van der Waals surface area contributed by atoms with Crippen molar-refractivity contribution in [3.8, 4) is 5.75 Å². The number of rotatable bonds is 1. The molecule has 0 saturated heterocycles. The molecule has 1 aromatic carbocycles. The molecule has 0 heterocycles. The molecule has 4 nitrogen and oxygen atoms in total. The monoisotopic (exact) mass is 204 g/mol. The smallest absolute Gasteiger partial charge is 0.318 e. The third-order valence-electron chi connectivity index (χ3n) is 2.35. The van der Waals surface area contributed by atoms with Gasteiger partial charge in [-0.15, -0.1) is 0 Å². The Labute approximate surface area is 85.5 Å². The van der Waals surface area contributed by atoms with E-state index in [1.54, 1.807) is 0 Å². The Morgan fingerprint density at radius 2 is 2.07 bits per heavy atom. The molecule has 2 N–H and O–H groups in total. The van der Waals surface area contributed by atoms with Crippen LogP contribution >= 0.6 is 0 Å². The molecule has 1 atom stereocenters. The summed E-state index contributed by atoms with van der Waals surface area (Å²) in [6.45, 7) is 0. The molecule has 0 aliphatic heterocycles. The van der Waals surface area contributed by atoms with Crippen LogP contribution in [-0.2, 0) is 4.79 Å². The zero-order valence-electron chi connectivity index (χ0n) is 7.68. The van der Waals surface area contributed by atoms with E-state index in [1.807, 2.05) is 0 Å². The van der Waals surface area contributed by atoms with E-state index in [-0.39, 0.29) is 11.3 Å². The third-order valence-corrected chi connectivity index (χ3v) is 2.35. The molecule has 0 amide bonds. The number of hydrogen-bond donors (Lipinski definition) is 2. The zero-order valence-corrected chi connectivity index (χ0v) is 7.68. The van der Waals surface area contributed by atoms with Gasteiger partial charge in [0.15, 0.2) is 5.78 Å². The SMILES string of the molecule is O=C(O)C1C=Cc2c(O)cccc2C1=O. The lowest BCUT2D eigenvalue weighted by atomic mass is 9.88. The van der Waals surface area contributed by atoms with E-state index in [0.717, 1.165) is 0 Å². The number of carboxylic acids is 1. The fourth-order valence-corrected chi connectivity index (χ4v) is 1.58. The maximum Gasteiger partial charge on any atom is 0.318 e. The summed E-state index contributed by atoms with van der Waals surface area (Å²) in [7, 11) is 0. The second-order valence-electron chi connectivity index (χ2n) is 3.28. The van der Waals surface area contributed by atoms with Crippen molar-refractivity contribution in [1.29, 1.82) is 0 Å². The number of aromatic hydroxyl groups is 1. The summed E-state index contributed by atoms with van der Waals surface area (Å²) in [6.07, 6.45) is 2.75. The average molecular weight is 204 g/mol. The van der Waals surface area contributed by atoms with E-state index < -0.39 is 17.7 Å². The first-order chi connectivity index (χ1) is 7.11. The summed E-state index contributed by atoms with van der Waals surface area (Å²) >= 11 is 0. The molecular formula is C11H8O4. The predicted octanol–water partition coefficient (Wildman–Crippen LogP) is 1.30. The van der Waals surface area contributed by atoms with Gasteiger partial charge in [0.2, 0.25) is 0 Å². The van der Waals surface area contributed by atoms with Gasteiger partial charge in [0.25, 0.3) is 0 Å². The number of fused-ring (bicyclic) bond motifs is 1. The second kappa shape index (κ2) is 3.24. The number of hydrogen-bond acceptors (Lipinski definition) is 3. The van der Waals surface area contributed by atoms with Gasteiger partial charge in [-0.1, -0.05) is 24.3 Å². The van der Waals surface area contributed by atoms with Gasteiger partial charge in [-0.3, -0.25) is 9.59 Å². The van der Waals surface area contributed by atoms with Crippen LogP contribution in [0.25, 0.3) is 6.08 Å². The van der Waals surface area contributed by atoms with E-state index >= 15 is 0 Å². The molecule has 76 valence electrons. The Hall–Kier alpha value is -2.10. The summed E-state index contributed by atoms with van der Waals surface area (Å²) in [5.41, 5.74) is 0.643. The van der Waals surface area contributed by atoms with Crippen molar-refractivity contribution in [1.82, 2.24) is 0 Å². The molecule has 4 heteroatoms. The fraction of sp³-hybridized carbons (Fsp3) is 0.0909. The van der Waals surface area contributed by atoms with Gasteiger partial charge < -0.3 is 10.2 Å². The molecule has 1 aromatic rings. The van der Waals surface area contributed by atoms with E-state index in [9.17, 15) is 14.7 Å². The van der Waals surface area contributed by atoms with E-state index in [4.69, 9.17) is 5.11 Å². The number of Topliss-reactive ketones (excluding diaryl/α,β-unsaturated/α-hetero) is 1. The van der Waals surface area contributed by atoms with Gasteiger partial charge in [0.05, 0.1) is 0 Å². The summed E-state index contributed by atoms with van der Waals surface area (Å²) in [4.78, 5) is 22.4. The highest BCUT2D eigenvalue weighted by Gasteiger charge is 2.29. The molecule has 2 rings (SSSR count). The Kier molecular flexibility index (Phi) is 2.04. The van der Waals surface area contributed by atoms with Gasteiger partial charge in [0, 0.05) is 11.1 Å². The van der Waals surface area contributed by atoms with Gasteiger partial charge in [-0.2, -0.15) is 0 Å². The summed E-state index contributed by atoms with van der Waals surface area (Å²) < 4.78 is 0. The van der Waals surface area contributed by atoms with Crippen molar-refractivity contribution < 1.29 is 19.8 Å². The van der Waals surface area contributed by atoms with Crippen molar-refractivity contribution in [2.75, 3.05) is 0 Å². The number of carbonyl (C=O) groups is 2. The normalized spacial score (nSPS) is 18.7. The molecular weight excluding hydrogens is 196 g/mol. The van der Waals surface area contributed by atoms with Crippen LogP contribution in [0.3, 0.4) is 0 Å². The van der Waals surface area contributed by atoms with Crippen LogP contribution in [0.4, 0.5) is 0 Å². The van der Waals surface area contributed by atoms with E-state index in [1.165, 1.54) is 30.4 Å². The largest absolute Gasteiger partial charge is 0.507 e. The van der Waals surface area contributed by atoms with Gasteiger partial charge in [-0.25, -0.2) is 0 Å². The van der Waals surface area contributed by atoms with Crippen molar-refractivity contribution in [3.63, 3.8) is 0 Å². The number of benzene rings is 1. The molecule has 0 aromatic heterocycles. The van der Waals surface area contributed by atoms with Gasteiger partial charge in [-0.05, 0) is 6.07 Å². The minimum atomic E-state index is -1.18. The van der Waals surface area contributed by atoms with Gasteiger partial charge in [0.1, 0.15) is 11.7 Å². The Balaban J connectivity index is 2.56. The lowest BCUT2D eigenvalue weighted by Gasteiger charge is -2.15. The maximum atomic E-state index is 11.7. The summed E-state index contributed by atoms with van der Waals surface area (Å²) in [5.74, 6) is -2.82. The van der Waals surface area contributed by atoms with Crippen LogP contribution in [0.1, 0.15) is 15.9 Å². The Morgan fingerprint density at radius 3 is 2.73 bits per heavy atom. The average Bonchev–Trinajstić information content (AvgIpc) is 2.19. The number of carbonyl (C=O) groups excluding carboxylic acids is 1. The van der Waals surface area contributed by atoms with Crippen LogP contribution in [0.2, 0.25) is 0 Å². The van der Waals surface area contributed by atoms with Crippen molar-refractivity contribution >= 4 is 17.8 Å². The first kappa shape index (κ1) is 9.45. The Bertz CT molecular complexity index is 473. The molecule has 0 spiro atoms. The predicted molar refractivity (Wildman–Crippen MR) is 52.6 cm³/mol. The molecule has 0 saturated carbocycles. The first-order valence-corrected chi connectivity index (χ1v) is 4.38. The standard InChI is InChI=1S/C11H8O4/c12-9-3-1-2-7-6(9)4-5-8(10(7)13)11(14)15/h1-5,8,12H,(H,14,15). The number of phenols is 1. The summed E-state index contributed by atoms with van der Waals surface area (Å²) in [6, 6.07) is 4.48. The highest BCUT2D eigenvalue weighted by molar-refractivity contribution is 6.14. The Morgan fingerprint density at radius 1 is 1.33 bits per heavy atom. The summed E-state index contributed by atoms with van der Waals surface area (Å²) in [5, 5.41) is 18.2. The van der Waals surface area contributed by atoms with Crippen molar-refractivity contribution in [2.24, 2.45) is 5.92 Å². The highest BCUT2D eigenvalue weighted by Crippen LogP contribution is 2.29. The van der Waals surface area contributed by atoms with E-state index in [0.29, 0.717) is 5.56 Å². The molecule has 1 aliphatic rings. The van der Waals surface area contributed by atoms with Crippen LogP contribution in [0.5, 0.6) is 5.75 Å². The van der Waals surface area contributed by atoms with E-state index in [2.05, 4.69) is 0 Å².